The Morgan fingerprint density at radius 1 is 1.47 bits per heavy atom. The minimum atomic E-state index is -0.190. The number of nitrogens with zero attached hydrogens (tertiary/aromatic N) is 2. The van der Waals surface area contributed by atoms with Crippen LogP contribution in [0.2, 0.25) is 0 Å². The minimum absolute atomic E-state index is 0.120. The molecule has 6 heteroatoms. The van der Waals surface area contributed by atoms with Crippen molar-refractivity contribution >= 4 is 17.7 Å². The lowest BCUT2D eigenvalue weighted by molar-refractivity contribution is -0.130. The maximum absolute atomic E-state index is 12.1. The second-order valence-electron chi connectivity index (χ2n) is 5.27. The van der Waals surface area contributed by atoms with Crippen LogP contribution in [0.3, 0.4) is 0 Å². The van der Waals surface area contributed by atoms with Crippen molar-refractivity contribution in [2.24, 2.45) is 11.8 Å². The molecule has 0 radical (unpaired) electrons. The van der Waals surface area contributed by atoms with Gasteiger partial charge >= 0.3 is 0 Å². The van der Waals surface area contributed by atoms with Crippen LogP contribution in [0, 0.1) is 11.8 Å². The van der Waals surface area contributed by atoms with Crippen molar-refractivity contribution in [3.05, 3.63) is 22.6 Å². The number of H-pyrrole nitrogens is 1. The van der Waals surface area contributed by atoms with Gasteiger partial charge in [0.05, 0.1) is 5.75 Å². The lowest BCUT2D eigenvalue weighted by atomic mass is 9.92. The number of rotatable bonds is 3. The lowest BCUT2D eigenvalue weighted by Crippen LogP contribution is -2.43. The van der Waals surface area contributed by atoms with Crippen LogP contribution < -0.4 is 5.56 Å². The summed E-state index contributed by atoms with van der Waals surface area (Å²) in [7, 11) is 0. The zero-order valence-corrected chi connectivity index (χ0v) is 12.1. The standard InChI is InChI=1S/C13H19N3O2S/c1-9-5-10(2)7-16(6-9)12(18)8-19-13-14-4-3-11(17)15-13/h3-4,9-10H,5-8H2,1-2H3,(H,14,15,17)/t9-,10-/m1/s1. The smallest absolute Gasteiger partial charge is 0.251 e. The molecule has 0 aliphatic carbocycles. The summed E-state index contributed by atoms with van der Waals surface area (Å²) in [6.45, 7) is 6.03. The first kappa shape index (κ1) is 14.1. The van der Waals surface area contributed by atoms with Crippen molar-refractivity contribution in [3.63, 3.8) is 0 Å². The van der Waals surface area contributed by atoms with E-state index >= 15 is 0 Å². The summed E-state index contributed by atoms with van der Waals surface area (Å²) in [5.74, 6) is 1.57. The molecular weight excluding hydrogens is 262 g/mol. The molecule has 0 aromatic carbocycles. The molecule has 0 bridgehead atoms. The van der Waals surface area contributed by atoms with Crippen LogP contribution >= 0.6 is 11.8 Å². The number of nitrogens with one attached hydrogen (secondary N) is 1. The van der Waals surface area contributed by atoms with E-state index in [1.165, 1.54) is 30.4 Å². The predicted molar refractivity (Wildman–Crippen MR) is 75.1 cm³/mol. The van der Waals surface area contributed by atoms with E-state index in [0.717, 1.165) is 13.1 Å². The highest BCUT2D eigenvalue weighted by atomic mass is 32.2. The molecule has 0 saturated carbocycles. The summed E-state index contributed by atoms with van der Waals surface area (Å²) in [6.07, 6.45) is 2.64. The van der Waals surface area contributed by atoms with E-state index in [-0.39, 0.29) is 11.5 Å². The first-order valence-corrected chi connectivity index (χ1v) is 7.49. The number of carbonyl (C=O) groups excluding carboxylic acids is 1. The number of likely N-dealkylation sites (tertiary alicyclic amines) is 1. The number of amides is 1. The molecule has 104 valence electrons. The molecule has 5 nitrogen and oxygen atoms in total. The molecule has 19 heavy (non-hydrogen) atoms. The summed E-state index contributed by atoms with van der Waals surface area (Å²) in [6, 6.07) is 1.36. The fourth-order valence-electron chi connectivity index (χ4n) is 2.51. The Kier molecular flexibility index (Phi) is 4.63. The van der Waals surface area contributed by atoms with Crippen LogP contribution in [0.5, 0.6) is 0 Å². The van der Waals surface area contributed by atoms with Gasteiger partial charge in [-0.15, -0.1) is 0 Å². The van der Waals surface area contributed by atoms with Crippen molar-refractivity contribution in [2.45, 2.75) is 25.4 Å². The molecule has 2 heterocycles. The summed E-state index contributed by atoms with van der Waals surface area (Å²) in [5.41, 5.74) is -0.190. The molecule has 1 saturated heterocycles. The molecule has 2 atom stereocenters. The maximum Gasteiger partial charge on any atom is 0.251 e. The summed E-state index contributed by atoms with van der Waals surface area (Å²) >= 11 is 1.28. The summed E-state index contributed by atoms with van der Waals surface area (Å²) in [4.78, 5) is 31.8. The van der Waals surface area contributed by atoms with Gasteiger partial charge in [-0.1, -0.05) is 25.6 Å². The van der Waals surface area contributed by atoms with Crippen LogP contribution in [-0.4, -0.2) is 39.6 Å². The molecule has 1 N–H and O–H groups in total. The number of aromatic nitrogens is 2. The van der Waals surface area contributed by atoms with Gasteiger partial charge in [0.1, 0.15) is 0 Å². The Morgan fingerprint density at radius 3 is 2.79 bits per heavy atom. The van der Waals surface area contributed by atoms with Crippen molar-refractivity contribution in [2.75, 3.05) is 18.8 Å². The largest absolute Gasteiger partial charge is 0.341 e. The summed E-state index contributed by atoms with van der Waals surface area (Å²) < 4.78 is 0. The van der Waals surface area contributed by atoms with E-state index in [2.05, 4.69) is 23.8 Å². The van der Waals surface area contributed by atoms with Gasteiger partial charge in [0.2, 0.25) is 5.91 Å². The monoisotopic (exact) mass is 281 g/mol. The number of thioether (sulfide) groups is 1. The Hall–Kier alpha value is -1.30. The summed E-state index contributed by atoms with van der Waals surface area (Å²) in [5, 5.41) is 0.499. The van der Waals surface area contributed by atoms with E-state index < -0.39 is 0 Å². The quantitative estimate of drug-likeness (QED) is 0.671. The topological polar surface area (TPSA) is 66.1 Å². The third kappa shape index (κ3) is 4.09. The van der Waals surface area contributed by atoms with Gasteiger partial charge in [-0.05, 0) is 18.3 Å². The molecule has 1 aliphatic rings. The number of hydrogen-bond acceptors (Lipinski definition) is 4. The fourth-order valence-corrected chi connectivity index (χ4v) is 3.26. The SMILES string of the molecule is C[C@@H]1C[C@@H](C)CN(C(=O)CSc2nccc(=O)[nH]2)C1. The number of carbonyl (C=O) groups is 1. The molecule has 1 aromatic rings. The molecule has 0 spiro atoms. The Bertz CT molecular complexity index is 493. The lowest BCUT2D eigenvalue weighted by Gasteiger charge is -2.34. The first-order chi connectivity index (χ1) is 9.04. The second-order valence-corrected chi connectivity index (χ2v) is 6.24. The van der Waals surface area contributed by atoms with Crippen molar-refractivity contribution < 1.29 is 4.79 Å². The zero-order valence-electron chi connectivity index (χ0n) is 11.3. The second kappa shape index (κ2) is 6.23. The maximum atomic E-state index is 12.1. The van der Waals surface area contributed by atoms with Crippen molar-refractivity contribution in [3.8, 4) is 0 Å². The van der Waals surface area contributed by atoms with Gasteiger partial charge in [-0.2, -0.15) is 0 Å². The fraction of sp³-hybridized carbons (Fsp3) is 0.615. The Labute approximate surface area is 116 Å². The number of piperidine rings is 1. The van der Waals surface area contributed by atoms with E-state index in [4.69, 9.17) is 0 Å². The van der Waals surface area contributed by atoms with Crippen LogP contribution in [0.25, 0.3) is 0 Å². The highest BCUT2D eigenvalue weighted by Gasteiger charge is 2.25. The van der Waals surface area contributed by atoms with E-state index in [9.17, 15) is 9.59 Å². The molecule has 2 rings (SSSR count). The van der Waals surface area contributed by atoms with E-state index in [1.807, 2.05) is 4.90 Å². The average molecular weight is 281 g/mol. The first-order valence-electron chi connectivity index (χ1n) is 6.50. The average Bonchev–Trinajstić information content (AvgIpc) is 2.35. The normalized spacial score (nSPS) is 23.4. The van der Waals surface area contributed by atoms with E-state index in [1.54, 1.807) is 0 Å². The van der Waals surface area contributed by atoms with Crippen LogP contribution in [0.15, 0.2) is 22.2 Å². The Balaban J connectivity index is 1.89. The van der Waals surface area contributed by atoms with Crippen LogP contribution in [0.4, 0.5) is 0 Å². The van der Waals surface area contributed by atoms with Gasteiger partial charge in [0.15, 0.2) is 5.16 Å². The van der Waals surface area contributed by atoms with Crippen LogP contribution in [0.1, 0.15) is 20.3 Å². The van der Waals surface area contributed by atoms with Gasteiger partial charge in [0, 0.05) is 25.4 Å². The Morgan fingerprint density at radius 2 is 2.16 bits per heavy atom. The molecule has 1 fully saturated rings. The number of aromatic amines is 1. The molecule has 1 amide bonds. The van der Waals surface area contributed by atoms with Gasteiger partial charge in [-0.25, -0.2) is 4.98 Å². The predicted octanol–water partition coefficient (Wildman–Crippen LogP) is 1.37. The van der Waals surface area contributed by atoms with Crippen LogP contribution in [-0.2, 0) is 4.79 Å². The molecular formula is C13H19N3O2S. The highest BCUT2D eigenvalue weighted by Crippen LogP contribution is 2.22. The zero-order chi connectivity index (χ0) is 13.8. The third-order valence-corrected chi connectivity index (χ3v) is 4.07. The van der Waals surface area contributed by atoms with E-state index in [0.29, 0.717) is 22.7 Å². The minimum Gasteiger partial charge on any atom is -0.341 e. The van der Waals surface area contributed by atoms with Crippen molar-refractivity contribution in [1.29, 1.82) is 0 Å². The molecule has 1 aromatic heterocycles. The van der Waals surface area contributed by atoms with Crippen molar-refractivity contribution in [1.82, 2.24) is 14.9 Å². The van der Waals surface area contributed by atoms with Gasteiger partial charge in [-0.3, -0.25) is 9.59 Å². The van der Waals surface area contributed by atoms with Gasteiger partial charge < -0.3 is 9.88 Å². The highest BCUT2D eigenvalue weighted by molar-refractivity contribution is 7.99. The molecule has 1 aliphatic heterocycles. The van der Waals surface area contributed by atoms with Gasteiger partial charge in [0.25, 0.3) is 5.56 Å². The number of hydrogen-bond donors (Lipinski definition) is 1. The third-order valence-electron chi connectivity index (χ3n) is 3.20. The molecule has 0 unspecified atom stereocenters.